The number of hydrogen-bond donors (Lipinski definition) is 1. The zero-order valence-electron chi connectivity index (χ0n) is 8.10. The quantitative estimate of drug-likeness (QED) is 0.841. The molecule has 2 aromatic rings. The molecule has 0 radical (unpaired) electrons. The van der Waals surface area contributed by atoms with Crippen molar-refractivity contribution in [3.8, 4) is 0 Å². The number of hydrogen-bond acceptors (Lipinski definition) is 4. The molecule has 5 heteroatoms. The van der Waals surface area contributed by atoms with Crippen molar-refractivity contribution < 1.29 is 4.79 Å². The number of carbonyl (C=O) groups excluding carboxylic acids is 1. The van der Waals surface area contributed by atoms with Crippen LogP contribution in [0.25, 0.3) is 0 Å². The van der Waals surface area contributed by atoms with Crippen LogP contribution in [0.4, 0.5) is 5.00 Å². The Balaban J connectivity index is 2.11. The van der Waals surface area contributed by atoms with Crippen LogP contribution in [0.15, 0.2) is 30.6 Å². The molecule has 0 saturated carbocycles. The van der Waals surface area contributed by atoms with Crippen molar-refractivity contribution in [3.05, 3.63) is 41.9 Å². The Morgan fingerprint density at radius 3 is 2.73 bits per heavy atom. The maximum absolute atomic E-state index is 11.7. The first-order valence-corrected chi connectivity index (χ1v) is 5.18. The van der Waals surface area contributed by atoms with E-state index in [1.165, 1.54) is 11.5 Å². The summed E-state index contributed by atoms with van der Waals surface area (Å²) in [6, 6.07) is 5.18. The fourth-order valence-corrected chi connectivity index (χ4v) is 1.77. The Labute approximate surface area is 91.2 Å². The summed E-state index contributed by atoms with van der Waals surface area (Å²) in [5, 5.41) is 3.53. The summed E-state index contributed by atoms with van der Waals surface area (Å²) in [6.45, 7) is 1.89. The number of nitrogens with one attached hydrogen (secondary N) is 1. The van der Waals surface area contributed by atoms with E-state index in [0.717, 1.165) is 10.7 Å². The van der Waals surface area contributed by atoms with Crippen LogP contribution >= 0.6 is 11.5 Å². The summed E-state index contributed by atoms with van der Waals surface area (Å²) in [5.41, 5.74) is 1.50. The lowest BCUT2D eigenvalue weighted by molar-refractivity contribution is 0.102. The predicted octanol–water partition coefficient (Wildman–Crippen LogP) is 2.10. The molecule has 0 aliphatic rings. The Hall–Kier alpha value is -1.75. The van der Waals surface area contributed by atoms with Crippen LogP contribution < -0.4 is 5.32 Å². The predicted molar refractivity (Wildman–Crippen MR) is 59.0 cm³/mol. The Morgan fingerprint density at radius 1 is 1.40 bits per heavy atom. The maximum atomic E-state index is 11.7. The van der Waals surface area contributed by atoms with Gasteiger partial charge in [0.05, 0.1) is 5.69 Å². The van der Waals surface area contributed by atoms with Crippen LogP contribution in [0.5, 0.6) is 0 Å². The minimum Gasteiger partial charge on any atom is -0.312 e. The highest BCUT2D eigenvalue weighted by atomic mass is 32.1. The molecule has 2 rings (SSSR count). The van der Waals surface area contributed by atoms with Crippen LogP contribution in [0.2, 0.25) is 0 Å². The molecule has 4 nitrogen and oxygen atoms in total. The Kier molecular flexibility index (Phi) is 2.73. The lowest BCUT2D eigenvalue weighted by atomic mass is 10.2. The van der Waals surface area contributed by atoms with Crippen LogP contribution in [-0.2, 0) is 0 Å². The summed E-state index contributed by atoms with van der Waals surface area (Å²) >= 11 is 1.27. The summed E-state index contributed by atoms with van der Waals surface area (Å²) < 4.78 is 4.08. The van der Waals surface area contributed by atoms with Gasteiger partial charge in [-0.05, 0) is 36.7 Å². The van der Waals surface area contributed by atoms with Crippen molar-refractivity contribution in [2.45, 2.75) is 6.92 Å². The van der Waals surface area contributed by atoms with Gasteiger partial charge in [-0.1, -0.05) is 0 Å². The lowest BCUT2D eigenvalue weighted by Gasteiger charge is -2.00. The SMILES string of the molecule is Cc1cc(NC(=O)c2ccncc2)sn1. The monoisotopic (exact) mass is 219 g/mol. The van der Waals surface area contributed by atoms with Crippen molar-refractivity contribution in [3.63, 3.8) is 0 Å². The molecule has 1 N–H and O–H groups in total. The van der Waals surface area contributed by atoms with E-state index in [-0.39, 0.29) is 5.91 Å². The second-order valence-corrected chi connectivity index (χ2v) is 3.83. The van der Waals surface area contributed by atoms with Crippen LogP contribution in [0, 0.1) is 6.92 Å². The zero-order valence-corrected chi connectivity index (χ0v) is 8.91. The summed E-state index contributed by atoms with van der Waals surface area (Å²) in [5.74, 6) is -0.138. The molecule has 0 aliphatic carbocycles. The van der Waals surface area contributed by atoms with Gasteiger partial charge >= 0.3 is 0 Å². The largest absolute Gasteiger partial charge is 0.312 e. The first kappa shape index (κ1) is 9.79. The number of rotatable bonds is 2. The fraction of sp³-hybridized carbons (Fsp3) is 0.100. The molecule has 2 heterocycles. The average molecular weight is 219 g/mol. The third kappa shape index (κ3) is 2.38. The molecular weight excluding hydrogens is 210 g/mol. The number of pyridine rings is 1. The van der Waals surface area contributed by atoms with Crippen LogP contribution in [0.3, 0.4) is 0 Å². The molecule has 76 valence electrons. The van der Waals surface area contributed by atoms with Gasteiger partial charge in [0.15, 0.2) is 0 Å². The summed E-state index contributed by atoms with van der Waals surface area (Å²) in [6.07, 6.45) is 3.18. The zero-order chi connectivity index (χ0) is 10.7. The van der Waals surface area contributed by atoms with Gasteiger partial charge in [0.1, 0.15) is 5.00 Å². The number of nitrogens with zero attached hydrogens (tertiary/aromatic N) is 2. The van der Waals surface area contributed by atoms with E-state index in [1.54, 1.807) is 24.5 Å². The molecule has 0 fully saturated rings. The number of aryl methyl sites for hydroxylation is 1. The van der Waals surface area contributed by atoms with Crippen molar-refractivity contribution in [2.24, 2.45) is 0 Å². The highest BCUT2D eigenvalue weighted by Gasteiger charge is 2.06. The second kappa shape index (κ2) is 4.18. The molecule has 0 unspecified atom stereocenters. The first-order chi connectivity index (χ1) is 7.25. The molecule has 1 amide bonds. The van der Waals surface area contributed by atoms with Gasteiger partial charge in [0, 0.05) is 18.0 Å². The topological polar surface area (TPSA) is 54.9 Å². The van der Waals surface area contributed by atoms with Gasteiger partial charge in [-0.25, -0.2) is 0 Å². The number of carbonyl (C=O) groups is 1. The van der Waals surface area contributed by atoms with E-state index in [1.807, 2.05) is 13.0 Å². The molecule has 2 aromatic heterocycles. The van der Waals surface area contributed by atoms with Crippen molar-refractivity contribution >= 4 is 22.4 Å². The first-order valence-electron chi connectivity index (χ1n) is 4.40. The number of amides is 1. The minimum absolute atomic E-state index is 0.138. The van der Waals surface area contributed by atoms with Gasteiger partial charge in [-0.2, -0.15) is 4.37 Å². The molecule has 0 atom stereocenters. The molecular formula is C10H9N3OS. The summed E-state index contributed by atoms with van der Waals surface area (Å²) in [4.78, 5) is 15.5. The lowest BCUT2D eigenvalue weighted by Crippen LogP contribution is -2.10. The van der Waals surface area contributed by atoms with Gasteiger partial charge in [0.25, 0.3) is 5.91 Å². The highest BCUT2D eigenvalue weighted by Crippen LogP contribution is 2.16. The molecule has 0 saturated heterocycles. The smallest absolute Gasteiger partial charge is 0.256 e. The Bertz CT molecular complexity index is 467. The standard InChI is InChI=1S/C10H9N3OS/c1-7-6-9(15-13-7)12-10(14)8-2-4-11-5-3-8/h2-6H,1H3,(H,12,14). The highest BCUT2D eigenvalue weighted by molar-refractivity contribution is 7.10. The summed E-state index contributed by atoms with van der Waals surface area (Å²) in [7, 11) is 0. The van der Waals surface area contributed by atoms with Crippen LogP contribution in [-0.4, -0.2) is 15.3 Å². The van der Waals surface area contributed by atoms with Crippen molar-refractivity contribution in [1.29, 1.82) is 0 Å². The third-order valence-electron chi connectivity index (χ3n) is 1.81. The average Bonchev–Trinajstić information content (AvgIpc) is 2.65. The minimum atomic E-state index is -0.138. The van der Waals surface area contributed by atoms with Crippen molar-refractivity contribution in [2.75, 3.05) is 5.32 Å². The van der Waals surface area contributed by atoms with E-state index in [2.05, 4.69) is 14.7 Å². The van der Waals surface area contributed by atoms with E-state index >= 15 is 0 Å². The molecule has 0 bridgehead atoms. The van der Waals surface area contributed by atoms with Crippen LogP contribution in [0.1, 0.15) is 16.1 Å². The normalized spacial score (nSPS) is 9.93. The molecule has 0 aromatic carbocycles. The van der Waals surface area contributed by atoms with E-state index < -0.39 is 0 Å². The third-order valence-corrected chi connectivity index (χ3v) is 2.60. The van der Waals surface area contributed by atoms with E-state index in [4.69, 9.17) is 0 Å². The maximum Gasteiger partial charge on any atom is 0.256 e. The number of aromatic nitrogens is 2. The van der Waals surface area contributed by atoms with Crippen molar-refractivity contribution in [1.82, 2.24) is 9.36 Å². The Morgan fingerprint density at radius 2 is 2.13 bits per heavy atom. The molecule has 15 heavy (non-hydrogen) atoms. The van der Waals surface area contributed by atoms with E-state index in [0.29, 0.717) is 5.56 Å². The molecule has 0 aliphatic heterocycles. The van der Waals surface area contributed by atoms with Gasteiger partial charge < -0.3 is 5.32 Å². The van der Waals surface area contributed by atoms with Gasteiger partial charge in [-0.3, -0.25) is 9.78 Å². The second-order valence-electron chi connectivity index (χ2n) is 3.02. The van der Waals surface area contributed by atoms with Gasteiger partial charge in [0.2, 0.25) is 0 Å². The number of anilines is 1. The van der Waals surface area contributed by atoms with Gasteiger partial charge in [-0.15, -0.1) is 0 Å². The van der Waals surface area contributed by atoms with E-state index in [9.17, 15) is 4.79 Å². The molecule has 0 spiro atoms. The fourth-order valence-electron chi connectivity index (χ4n) is 1.11.